The van der Waals surface area contributed by atoms with Gasteiger partial charge in [0.2, 0.25) is 5.91 Å². The molecule has 0 spiro atoms. The number of anilines is 2. The quantitative estimate of drug-likeness (QED) is 0.246. The summed E-state index contributed by atoms with van der Waals surface area (Å²) in [6, 6.07) is 17.2. The van der Waals surface area contributed by atoms with Crippen molar-refractivity contribution >= 4 is 28.9 Å². The van der Waals surface area contributed by atoms with Crippen LogP contribution in [0.1, 0.15) is 18.5 Å². The molecule has 3 aromatic carbocycles. The van der Waals surface area contributed by atoms with Crippen molar-refractivity contribution in [1.82, 2.24) is 0 Å². The molecule has 2 fully saturated rings. The second-order valence-corrected chi connectivity index (χ2v) is 8.59. The SMILES string of the molecule is CCOc1ccccc1N1C(=O)[C@@H]2[C@@H](c3cc(OC)c(OC)cc3[N+](=O)[O-])N(c3ccccc3)O[C@H]2C1=O. The fraction of sp³-hybridized carbons (Fsp3) is 0.259. The second kappa shape index (κ2) is 10.0. The van der Waals surface area contributed by atoms with Gasteiger partial charge in [-0.25, -0.2) is 9.96 Å². The Balaban J connectivity index is 1.68. The highest BCUT2D eigenvalue weighted by Crippen LogP contribution is 2.51. The average molecular weight is 520 g/mol. The van der Waals surface area contributed by atoms with Crippen molar-refractivity contribution in [2.45, 2.75) is 19.1 Å². The molecule has 2 amide bonds. The van der Waals surface area contributed by atoms with Crippen LogP contribution in [0.5, 0.6) is 17.2 Å². The van der Waals surface area contributed by atoms with Gasteiger partial charge in [0.05, 0.1) is 48.8 Å². The zero-order valence-electron chi connectivity index (χ0n) is 20.9. The smallest absolute Gasteiger partial charge is 0.278 e. The topological polar surface area (TPSA) is 121 Å². The first kappa shape index (κ1) is 25.0. The Bertz CT molecular complexity index is 1400. The summed E-state index contributed by atoms with van der Waals surface area (Å²) in [6.07, 6.45) is -1.21. The number of carbonyl (C=O) groups is 2. The van der Waals surface area contributed by atoms with Crippen LogP contribution < -0.4 is 24.2 Å². The van der Waals surface area contributed by atoms with E-state index >= 15 is 0 Å². The summed E-state index contributed by atoms with van der Waals surface area (Å²) >= 11 is 0. The number of benzene rings is 3. The number of nitrogens with zero attached hydrogens (tertiary/aromatic N) is 3. The molecule has 0 aliphatic carbocycles. The van der Waals surface area contributed by atoms with Crippen LogP contribution in [0.4, 0.5) is 17.1 Å². The fourth-order valence-corrected chi connectivity index (χ4v) is 4.97. The Morgan fingerprint density at radius 3 is 2.24 bits per heavy atom. The van der Waals surface area contributed by atoms with E-state index in [-0.39, 0.29) is 28.4 Å². The number of imide groups is 1. The first-order valence-corrected chi connectivity index (χ1v) is 11.9. The minimum Gasteiger partial charge on any atom is -0.493 e. The van der Waals surface area contributed by atoms with Gasteiger partial charge in [0.25, 0.3) is 11.6 Å². The van der Waals surface area contributed by atoms with Gasteiger partial charge < -0.3 is 14.2 Å². The minimum atomic E-state index is -1.21. The van der Waals surface area contributed by atoms with E-state index in [1.54, 1.807) is 61.5 Å². The maximum absolute atomic E-state index is 14.0. The van der Waals surface area contributed by atoms with Crippen LogP contribution in [-0.4, -0.2) is 43.7 Å². The molecule has 5 rings (SSSR count). The molecule has 11 heteroatoms. The molecular weight excluding hydrogens is 494 g/mol. The van der Waals surface area contributed by atoms with Crippen LogP contribution >= 0.6 is 0 Å². The normalized spacial score (nSPS) is 20.4. The maximum atomic E-state index is 14.0. The third-order valence-corrected chi connectivity index (χ3v) is 6.58. The molecule has 3 aromatic rings. The molecule has 0 unspecified atom stereocenters. The molecule has 38 heavy (non-hydrogen) atoms. The van der Waals surface area contributed by atoms with Gasteiger partial charge in [-0.1, -0.05) is 30.3 Å². The molecule has 11 nitrogen and oxygen atoms in total. The zero-order valence-corrected chi connectivity index (χ0v) is 20.9. The van der Waals surface area contributed by atoms with E-state index in [2.05, 4.69) is 0 Å². The number of methoxy groups -OCH3 is 2. The molecule has 2 aliphatic rings. The molecule has 2 saturated heterocycles. The van der Waals surface area contributed by atoms with E-state index in [1.165, 1.54) is 31.4 Å². The lowest BCUT2D eigenvalue weighted by Gasteiger charge is -2.29. The summed E-state index contributed by atoms with van der Waals surface area (Å²) < 4.78 is 16.4. The van der Waals surface area contributed by atoms with Crippen molar-refractivity contribution in [3.05, 3.63) is 82.4 Å². The predicted octanol–water partition coefficient (Wildman–Crippen LogP) is 4.06. The van der Waals surface area contributed by atoms with Gasteiger partial charge in [-0.3, -0.25) is 24.5 Å². The predicted molar refractivity (Wildman–Crippen MR) is 136 cm³/mol. The molecule has 0 aromatic heterocycles. The van der Waals surface area contributed by atoms with Gasteiger partial charge >= 0.3 is 0 Å². The largest absolute Gasteiger partial charge is 0.493 e. The van der Waals surface area contributed by atoms with Gasteiger partial charge in [-0.15, -0.1) is 0 Å². The number of rotatable bonds is 8. The maximum Gasteiger partial charge on any atom is 0.278 e. The third kappa shape index (κ3) is 3.97. The van der Waals surface area contributed by atoms with Crippen LogP contribution in [0, 0.1) is 16.0 Å². The molecule has 0 radical (unpaired) electrons. The molecule has 2 heterocycles. The second-order valence-electron chi connectivity index (χ2n) is 8.59. The van der Waals surface area contributed by atoms with Gasteiger partial charge in [-0.2, -0.15) is 0 Å². The summed E-state index contributed by atoms with van der Waals surface area (Å²) in [5.74, 6) is -1.47. The van der Waals surface area contributed by atoms with Crippen molar-refractivity contribution in [3.63, 3.8) is 0 Å². The van der Waals surface area contributed by atoms with Crippen molar-refractivity contribution in [1.29, 1.82) is 0 Å². The summed E-state index contributed by atoms with van der Waals surface area (Å²) in [6.45, 7) is 2.13. The molecule has 3 atom stereocenters. The molecule has 0 bridgehead atoms. The number of nitro benzene ring substituents is 1. The Hall–Kier alpha value is -4.64. The number of carbonyl (C=O) groups excluding carboxylic acids is 2. The van der Waals surface area contributed by atoms with Crippen molar-refractivity contribution in [3.8, 4) is 17.2 Å². The van der Waals surface area contributed by atoms with Gasteiger partial charge in [0.1, 0.15) is 17.7 Å². The van der Waals surface area contributed by atoms with E-state index in [4.69, 9.17) is 19.0 Å². The molecule has 2 aliphatic heterocycles. The molecule has 0 N–H and O–H groups in total. The standard InChI is InChI=1S/C27H25N3O8/c1-4-37-20-13-9-8-12-18(20)28-26(31)23-24(17-14-21(35-2)22(36-3)15-19(17)30(33)34)29(38-25(23)27(28)32)16-10-6-5-7-11-16/h5-15,23-25H,4H2,1-3H3/t23-,24-,25-/m1/s1. The average Bonchev–Trinajstić information content (AvgIpc) is 3.44. The number of para-hydroxylation sites is 3. The number of fused-ring (bicyclic) bond motifs is 1. The number of amides is 2. The van der Waals surface area contributed by atoms with Crippen molar-refractivity contribution in [2.75, 3.05) is 30.8 Å². The first-order valence-electron chi connectivity index (χ1n) is 11.9. The monoisotopic (exact) mass is 519 g/mol. The highest BCUT2D eigenvalue weighted by molar-refractivity contribution is 6.24. The molecular formula is C27H25N3O8. The third-order valence-electron chi connectivity index (χ3n) is 6.58. The van der Waals surface area contributed by atoms with Gasteiger partial charge in [0.15, 0.2) is 17.6 Å². The number of hydrogen-bond donors (Lipinski definition) is 0. The number of hydroxylamine groups is 1. The van der Waals surface area contributed by atoms with E-state index < -0.39 is 34.8 Å². The van der Waals surface area contributed by atoms with E-state index in [1.807, 2.05) is 0 Å². The highest BCUT2D eigenvalue weighted by Gasteiger charge is 2.61. The Morgan fingerprint density at radius 1 is 0.921 bits per heavy atom. The van der Waals surface area contributed by atoms with Crippen LogP contribution in [-0.2, 0) is 14.4 Å². The Labute approximate surface area is 218 Å². The van der Waals surface area contributed by atoms with Crippen LogP contribution in [0.2, 0.25) is 0 Å². The van der Waals surface area contributed by atoms with Crippen LogP contribution in [0.15, 0.2) is 66.7 Å². The molecule has 196 valence electrons. The Morgan fingerprint density at radius 2 is 1.58 bits per heavy atom. The zero-order chi connectivity index (χ0) is 27.0. The lowest BCUT2D eigenvalue weighted by Crippen LogP contribution is -2.37. The number of nitro groups is 1. The van der Waals surface area contributed by atoms with Crippen LogP contribution in [0.3, 0.4) is 0 Å². The lowest BCUT2D eigenvalue weighted by atomic mass is 9.89. The summed E-state index contributed by atoms with van der Waals surface area (Å²) in [4.78, 5) is 46.5. The Kier molecular flexibility index (Phi) is 6.60. The number of ether oxygens (including phenoxy) is 3. The van der Waals surface area contributed by atoms with Crippen molar-refractivity contribution < 1.29 is 33.6 Å². The summed E-state index contributed by atoms with van der Waals surface area (Å²) in [5.41, 5.74) is 0.656. The van der Waals surface area contributed by atoms with Gasteiger partial charge in [0, 0.05) is 0 Å². The van der Waals surface area contributed by atoms with Crippen molar-refractivity contribution in [2.24, 2.45) is 5.92 Å². The number of hydrogen-bond acceptors (Lipinski definition) is 9. The fourth-order valence-electron chi connectivity index (χ4n) is 4.97. The van der Waals surface area contributed by atoms with Gasteiger partial charge in [-0.05, 0) is 37.3 Å². The summed E-state index contributed by atoms with van der Waals surface area (Å²) in [7, 11) is 2.78. The van der Waals surface area contributed by atoms with E-state index in [0.29, 0.717) is 18.0 Å². The lowest BCUT2D eigenvalue weighted by molar-refractivity contribution is -0.385. The summed E-state index contributed by atoms with van der Waals surface area (Å²) in [5, 5.41) is 13.6. The first-order chi connectivity index (χ1) is 18.4. The van der Waals surface area contributed by atoms with E-state index in [0.717, 1.165) is 4.90 Å². The van der Waals surface area contributed by atoms with E-state index in [9.17, 15) is 19.7 Å². The molecule has 0 saturated carbocycles. The highest BCUT2D eigenvalue weighted by atomic mass is 16.7. The van der Waals surface area contributed by atoms with Crippen LogP contribution in [0.25, 0.3) is 0 Å². The minimum absolute atomic E-state index is 0.144.